The normalized spacial score (nSPS) is 14.0. The molecular formula is C25H42O2. The number of hydrogen-bond acceptors (Lipinski definition) is 2. The summed E-state index contributed by atoms with van der Waals surface area (Å²) in [5.74, 6) is 0. The molecule has 0 amide bonds. The molecule has 0 aromatic rings. The summed E-state index contributed by atoms with van der Waals surface area (Å²) in [5.41, 5.74) is 0. The monoisotopic (exact) mass is 374 g/mol. The van der Waals surface area contributed by atoms with Crippen molar-refractivity contribution in [2.45, 2.75) is 84.2 Å². The molecule has 0 aliphatic rings. The lowest BCUT2D eigenvalue weighted by atomic mass is 10.1. The van der Waals surface area contributed by atoms with Gasteiger partial charge in [0.2, 0.25) is 0 Å². The van der Waals surface area contributed by atoms with Crippen LogP contribution in [0.15, 0.2) is 60.8 Å². The van der Waals surface area contributed by atoms with Crippen LogP contribution in [0.5, 0.6) is 0 Å². The summed E-state index contributed by atoms with van der Waals surface area (Å²) < 4.78 is 5.58. The highest BCUT2D eigenvalue weighted by Crippen LogP contribution is 2.08. The second kappa shape index (κ2) is 22.7. The molecule has 0 aromatic heterocycles. The molecule has 1 unspecified atom stereocenters. The lowest BCUT2D eigenvalue weighted by molar-refractivity contribution is 0.00719. The number of aliphatic hydroxyl groups excluding tert-OH is 1. The van der Waals surface area contributed by atoms with Gasteiger partial charge in [-0.05, 0) is 57.8 Å². The third-order valence-corrected chi connectivity index (χ3v) is 4.07. The molecule has 0 aromatic carbocycles. The third kappa shape index (κ3) is 20.8. The number of allylic oxidation sites excluding steroid dienone is 10. The topological polar surface area (TPSA) is 29.5 Å². The molecule has 0 rings (SSSR count). The molecule has 0 spiro atoms. The molecule has 0 bridgehead atoms. The fourth-order valence-electron chi connectivity index (χ4n) is 2.51. The van der Waals surface area contributed by atoms with E-state index in [4.69, 9.17) is 4.74 Å². The maximum atomic E-state index is 9.24. The Labute approximate surface area is 168 Å². The van der Waals surface area contributed by atoms with Crippen LogP contribution in [0.1, 0.15) is 78.1 Å². The summed E-state index contributed by atoms with van der Waals surface area (Å²) in [4.78, 5) is 0. The molecule has 2 heteroatoms. The number of unbranched alkanes of at least 4 members (excludes halogenated alkanes) is 2. The van der Waals surface area contributed by atoms with Crippen molar-refractivity contribution in [1.29, 1.82) is 0 Å². The van der Waals surface area contributed by atoms with Gasteiger partial charge in [-0.25, -0.2) is 0 Å². The summed E-state index contributed by atoms with van der Waals surface area (Å²) in [6.45, 7) is 5.14. The van der Waals surface area contributed by atoms with Crippen molar-refractivity contribution in [3.05, 3.63) is 60.8 Å². The van der Waals surface area contributed by atoms with E-state index in [1.54, 1.807) is 0 Å². The summed E-state index contributed by atoms with van der Waals surface area (Å²) in [6.07, 6.45) is 32.9. The van der Waals surface area contributed by atoms with Crippen molar-refractivity contribution in [1.82, 2.24) is 0 Å². The second-order valence-electron chi connectivity index (χ2n) is 6.67. The van der Waals surface area contributed by atoms with E-state index in [1.165, 1.54) is 0 Å². The highest BCUT2D eigenvalue weighted by atomic mass is 16.5. The molecule has 0 aliphatic heterocycles. The van der Waals surface area contributed by atoms with E-state index < -0.39 is 0 Å². The molecule has 0 fully saturated rings. The first-order valence-corrected chi connectivity index (χ1v) is 10.8. The second-order valence-corrected chi connectivity index (χ2v) is 6.67. The first kappa shape index (κ1) is 25.6. The van der Waals surface area contributed by atoms with E-state index in [2.05, 4.69) is 74.6 Å². The van der Waals surface area contributed by atoms with Crippen LogP contribution < -0.4 is 0 Å². The van der Waals surface area contributed by atoms with Crippen LogP contribution in [0.3, 0.4) is 0 Å². The summed E-state index contributed by atoms with van der Waals surface area (Å²) in [7, 11) is 0. The van der Waals surface area contributed by atoms with Crippen molar-refractivity contribution < 1.29 is 9.84 Å². The average Bonchev–Trinajstić information content (AvgIpc) is 2.69. The minimum absolute atomic E-state index is 0.0262. The minimum Gasteiger partial charge on any atom is -0.394 e. The summed E-state index contributed by atoms with van der Waals surface area (Å²) >= 11 is 0. The van der Waals surface area contributed by atoms with E-state index in [0.717, 1.165) is 70.8 Å². The van der Waals surface area contributed by atoms with Gasteiger partial charge >= 0.3 is 0 Å². The van der Waals surface area contributed by atoms with Gasteiger partial charge < -0.3 is 9.84 Å². The van der Waals surface area contributed by atoms with Gasteiger partial charge in [-0.1, -0.05) is 81.0 Å². The van der Waals surface area contributed by atoms with Gasteiger partial charge in [0.1, 0.15) is 0 Å². The van der Waals surface area contributed by atoms with Gasteiger partial charge in [0.05, 0.1) is 12.7 Å². The zero-order valence-electron chi connectivity index (χ0n) is 17.7. The Morgan fingerprint density at radius 3 is 1.70 bits per heavy atom. The van der Waals surface area contributed by atoms with E-state index in [-0.39, 0.29) is 12.7 Å². The van der Waals surface area contributed by atoms with Crippen LogP contribution in [-0.2, 0) is 4.74 Å². The fourth-order valence-corrected chi connectivity index (χ4v) is 2.51. The number of ether oxygens (including phenoxy) is 1. The van der Waals surface area contributed by atoms with Gasteiger partial charge in [-0.3, -0.25) is 0 Å². The van der Waals surface area contributed by atoms with Gasteiger partial charge in [0, 0.05) is 6.61 Å². The van der Waals surface area contributed by atoms with Gasteiger partial charge in [0.25, 0.3) is 0 Å². The highest BCUT2D eigenvalue weighted by Gasteiger charge is 2.05. The summed E-state index contributed by atoms with van der Waals surface area (Å²) in [5, 5.41) is 9.24. The maximum Gasteiger partial charge on any atom is 0.0805 e. The molecule has 0 heterocycles. The molecule has 0 aliphatic carbocycles. The molecule has 2 nitrogen and oxygen atoms in total. The predicted octanol–water partition coefficient (Wildman–Crippen LogP) is 7.09. The molecule has 0 radical (unpaired) electrons. The maximum absolute atomic E-state index is 9.24. The summed E-state index contributed by atoms with van der Waals surface area (Å²) in [6, 6.07) is 0. The molecule has 154 valence electrons. The van der Waals surface area contributed by atoms with Crippen LogP contribution in [0.4, 0.5) is 0 Å². The van der Waals surface area contributed by atoms with Crippen molar-refractivity contribution in [3.63, 3.8) is 0 Å². The quantitative estimate of drug-likeness (QED) is 0.205. The SMILES string of the molecule is CCC=CCC=CCC=CCC=CCC=CCCCCC(CO)OCCC. The standard InChI is InChI=1S/C25H42O2/c1-3-5-6-7-8-9-10-11-12-13-14-15-16-17-18-19-20-21-22-25(24-26)27-23-4-2/h5-6,8-9,11-12,14-15,17-18,25-26H,3-4,7,10,13,16,19-24H2,1-2H3. The van der Waals surface area contributed by atoms with Crippen LogP contribution >= 0.6 is 0 Å². The fraction of sp³-hybridized carbons (Fsp3) is 0.600. The number of aliphatic hydroxyl groups is 1. The molecule has 1 atom stereocenters. The Balaban J connectivity index is 3.52. The van der Waals surface area contributed by atoms with Crippen molar-refractivity contribution in [2.75, 3.05) is 13.2 Å². The largest absolute Gasteiger partial charge is 0.394 e. The molecule has 27 heavy (non-hydrogen) atoms. The first-order chi connectivity index (χ1) is 13.3. The Hall–Kier alpha value is -1.38. The molecular weight excluding hydrogens is 332 g/mol. The zero-order chi connectivity index (χ0) is 19.8. The average molecular weight is 375 g/mol. The molecule has 0 saturated carbocycles. The minimum atomic E-state index is 0.0262. The van der Waals surface area contributed by atoms with Crippen LogP contribution in [-0.4, -0.2) is 24.4 Å². The van der Waals surface area contributed by atoms with Crippen molar-refractivity contribution in [2.24, 2.45) is 0 Å². The Morgan fingerprint density at radius 1 is 0.704 bits per heavy atom. The van der Waals surface area contributed by atoms with Crippen LogP contribution in [0.25, 0.3) is 0 Å². The van der Waals surface area contributed by atoms with E-state index >= 15 is 0 Å². The van der Waals surface area contributed by atoms with Crippen LogP contribution in [0, 0.1) is 0 Å². The van der Waals surface area contributed by atoms with Gasteiger partial charge in [0.15, 0.2) is 0 Å². The van der Waals surface area contributed by atoms with Gasteiger partial charge in [-0.2, -0.15) is 0 Å². The van der Waals surface area contributed by atoms with E-state index in [1.807, 2.05) is 0 Å². The number of hydrogen-bond donors (Lipinski definition) is 1. The highest BCUT2D eigenvalue weighted by molar-refractivity contribution is 5.00. The zero-order valence-corrected chi connectivity index (χ0v) is 17.7. The first-order valence-electron chi connectivity index (χ1n) is 10.8. The Bertz CT molecular complexity index is 430. The molecule has 1 N–H and O–H groups in total. The van der Waals surface area contributed by atoms with E-state index in [0.29, 0.717) is 0 Å². The smallest absolute Gasteiger partial charge is 0.0805 e. The van der Waals surface area contributed by atoms with Crippen molar-refractivity contribution >= 4 is 0 Å². The Kier molecular flexibility index (Phi) is 21.5. The predicted molar refractivity (Wildman–Crippen MR) is 120 cm³/mol. The number of rotatable bonds is 18. The Morgan fingerprint density at radius 2 is 1.22 bits per heavy atom. The van der Waals surface area contributed by atoms with Crippen molar-refractivity contribution in [3.8, 4) is 0 Å². The van der Waals surface area contributed by atoms with Crippen LogP contribution in [0.2, 0.25) is 0 Å². The third-order valence-electron chi connectivity index (χ3n) is 4.07. The van der Waals surface area contributed by atoms with Gasteiger partial charge in [-0.15, -0.1) is 0 Å². The van der Waals surface area contributed by atoms with E-state index in [9.17, 15) is 5.11 Å². The lowest BCUT2D eigenvalue weighted by Gasteiger charge is -2.14. The lowest BCUT2D eigenvalue weighted by Crippen LogP contribution is -2.18. The molecule has 0 saturated heterocycles.